The summed E-state index contributed by atoms with van der Waals surface area (Å²) >= 11 is 0. The number of hydrogen-bond acceptors (Lipinski definition) is 44. The lowest BCUT2D eigenvalue weighted by atomic mass is 9.92. The van der Waals surface area contributed by atoms with Crippen molar-refractivity contribution in [2.45, 2.75) is 138 Å². The Kier molecular flexibility index (Phi) is 76.1. The maximum Gasteiger partial charge on any atom is 0.224 e. The number of ketones is 2. The van der Waals surface area contributed by atoms with Crippen molar-refractivity contribution in [2.75, 3.05) is 265 Å². The van der Waals surface area contributed by atoms with Crippen LogP contribution in [0, 0.1) is 5.41 Å². The van der Waals surface area contributed by atoms with Crippen molar-refractivity contribution < 1.29 is 153 Å². The van der Waals surface area contributed by atoms with Gasteiger partial charge in [0.15, 0.2) is 17.2 Å². The average Bonchev–Trinajstić information content (AvgIpc) is 0.866. The first-order valence-corrected chi connectivity index (χ1v) is 44.7. The summed E-state index contributed by atoms with van der Waals surface area (Å²) in [7, 11) is 0. The zero-order valence-electron chi connectivity index (χ0n) is 78.5. The van der Waals surface area contributed by atoms with Gasteiger partial charge >= 0.3 is 0 Å². The molecule has 58 nitrogen and oxygen atoms in total. The molecule has 0 aliphatic rings. The van der Waals surface area contributed by atoms with E-state index in [0.29, 0.717) is 0 Å². The molecular formula is C79H154N26O32. The van der Waals surface area contributed by atoms with Gasteiger partial charge in [0.1, 0.15) is 17.2 Å². The summed E-state index contributed by atoms with van der Waals surface area (Å²) in [4.78, 5) is 209. The third kappa shape index (κ3) is 67.7. The highest BCUT2D eigenvalue weighted by atomic mass is 16.6. The van der Waals surface area contributed by atoms with Crippen molar-refractivity contribution in [3.05, 3.63) is 0 Å². The molecule has 0 fully saturated rings. The fraction of sp³-hybridized carbons (Fsp3) is 0.797. The monoisotopic (exact) mass is 1980 g/mol. The van der Waals surface area contributed by atoms with Crippen molar-refractivity contribution in [1.82, 2.24) is 74.4 Å². The fourth-order valence-electron chi connectivity index (χ4n) is 11.6. The second-order valence-electron chi connectivity index (χ2n) is 30.0. The van der Waals surface area contributed by atoms with E-state index in [1.165, 1.54) is 0 Å². The quantitative estimate of drug-likeness (QED) is 0.0199. The van der Waals surface area contributed by atoms with Gasteiger partial charge in [-0.25, -0.2) is 0 Å². The summed E-state index contributed by atoms with van der Waals surface area (Å²) in [6.45, 7) is -14.0. The van der Waals surface area contributed by atoms with Gasteiger partial charge in [0.25, 0.3) is 0 Å². The number of carbonyl (C=O) groups is 16. The minimum Gasteiger partial charge on any atom is -0.380 e. The van der Waals surface area contributed by atoms with Crippen LogP contribution in [0.2, 0.25) is 0 Å². The first-order valence-electron chi connectivity index (χ1n) is 44.7. The van der Waals surface area contributed by atoms with E-state index in [1.807, 2.05) is 0 Å². The van der Waals surface area contributed by atoms with Crippen LogP contribution in [0.25, 0.3) is 0 Å². The molecule has 0 unspecified atom stereocenters. The van der Waals surface area contributed by atoms with Gasteiger partial charge in [-0.15, -0.1) is 0 Å². The number of amides is 14. The van der Waals surface area contributed by atoms with Gasteiger partial charge in [0.05, 0.1) is 302 Å². The molecule has 38 N–H and O–H groups in total. The Hall–Kier alpha value is -9.20. The third-order valence-corrected chi connectivity index (χ3v) is 18.4. The van der Waals surface area contributed by atoms with E-state index in [-0.39, 0.29) is 235 Å². The van der Waals surface area contributed by atoms with Gasteiger partial charge in [-0.2, -0.15) is 0 Å². The smallest absolute Gasteiger partial charge is 0.224 e. The van der Waals surface area contributed by atoms with E-state index in [2.05, 4.69) is 74.4 Å². The minimum atomic E-state index is -1.99. The van der Waals surface area contributed by atoms with E-state index in [9.17, 15) is 76.7 Å². The number of rotatable bonds is 94. The summed E-state index contributed by atoms with van der Waals surface area (Å²) in [5.74, 6) is -8.95. The number of nitrogens with one attached hydrogen (secondary N) is 14. The van der Waals surface area contributed by atoms with Crippen LogP contribution in [-0.4, -0.2) is 382 Å². The van der Waals surface area contributed by atoms with Crippen LogP contribution in [0.3, 0.4) is 0 Å². The summed E-state index contributed by atoms with van der Waals surface area (Å²) in [6, 6.07) is 0. The molecule has 0 atom stereocenters. The van der Waals surface area contributed by atoms with Crippen LogP contribution in [0.1, 0.15) is 116 Å². The molecule has 0 bridgehead atoms. The first kappa shape index (κ1) is 128. The highest BCUT2D eigenvalue weighted by Gasteiger charge is 2.41. The molecule has 0 saturated heterocycles. The summed E-state index contributed by atoms with van der Waals surface area (Å²) in [5.41, 5.74) is 57.1. The molecule has 0 spiro atoms. The zero-order valence-corrected chi connectivity index (χ0v) is 78.5. The number of ether oxygens (including phenoxy) is 16. The molecule has 0 aromatic rings. The topological polar surface area (TPSA) is 901 Å². The molecule has 14 amide bonds. The lowest BCUT2D eigenvalue weighted by Crippen LogP contribution is -2.58. The Balaban J connectivity index is 8.86. The molecule has 792 valence electrons. The number of carbonyl (C=O) groups excluding carboxylic acids is 16. The van der Waals surface area contributed by atoms with Crippen molar-refractivity contribution in [3.63, 3.8) is 0 Å². The predicted molar refractivity (Wildman–Crippen MR) is 483 cm³/mol. The van der Waals surface area contributed by atoms with Crippen molar-refractivity contribution in [1.29, 1.82) is 0 Å². The Labute approximate surface area is 795 Å². The second kappa shape index (κ2) is 81.6. The Morgan fingerprint density at radius 2 is 0.343 bits per heavy atom. The molecule has 0 rings (SSSR count). The van der Waals surface area contributed by atoms with Crippen molar-refractivity contribution >= 4 is 94.3 Å². The molecule has 0 aliphatic heterocycles. The van der Waals surface area contributed by atoms with Gasteiger partial charge in [0, 0.05) is 77.0 Å². The number of Topliss-reactive ketones (excluding diaryl/α,β-unsaturated/α-hetero) is 2. The van der Waals surface area contributed by atoms with E-state index in [0.717, 1.165) is 0 Å². The van der Waals surface area contributed by atoms with Crippen LogP contribution >= 0.6 is 0 Å². The lowest BCUT2D eigenvalue weighted by molar-refractivity contribution is -0.169. The molecule has 0 radical (unpaired) electrons. The molecule has 0 saturated carbocycles. The standard InChI is InChI=1S/C79H154N26O32/c80-18-1-59(106)3-31-135-77(42-128-22-6-63(110)94-50-83,43-129-23-7-64(111)95-51-84)103-72(119)12-28-123-37-75(36-122-19-2-60(107)35-76(134-32-15-69(116)100-56-89,40-126-20-4-61(108)92-48-81)41-127-21-5-62(109)93-49-82,38-124-29-13-73(120)104-78(136-33-16-70(117)101-57-90,44-130-24-8-65(112)96-52-85)45-131-25-9-66(113)97-53-86)39-125-30-14-74(121)105-79(137-34-17-71(118)102-58-91,46-132-26-10-67(114)98-54-87)47-133-27-11-68(115)99-55-88/h1-58,80-91H2,(H,92,108)(H,93,109)(H,94,110)(H,95,111)(H,96,112)(H,97,113)(H,98,114)(H,99,115)(H,100,116)(H,101,117)(H,102,118)(H,103,119)(H,104,120)(H,105,121). The highest BCUT2D eigenvalue weighted by Crippen LogP contribution is 2.25. The summed E-state index contributed by atoms with van der Waals surface area (Å²) in [5, 5.41) is 35.0. The van der Waals surface area contributed by atoms with Gasteiger partial charge in [-0.05, 0) is 6.54 Å². The molecule has 0 aromatic heterocycles. The number of nitrogens with two attached hydrogens (primary N) is 12. The van der Waals surface area contributed by atoms with Gasteiger partial charge in [-0.3, -0.25) is 76.7 Å². The van der Waals surface area contributed by atoms with Crippen LogP contribution in [0.5, 0.6) is 0 Å². The van der Waals surface area contributed by atoms with E-state index in [1.54, 1.807) is 0 Å². The normalized spacial score (nSPS) is 11.6. The van der Waals surface area contributed by atoms with Gasteiger partial charge in [-0.1, -0.05) is 0 Å². The Morgan fingerprint density at radius 1 is 0.175 bits per heavy atom. The predicted octanol–water partition coefficient (Wildman–Crippen LogP) is -14.1. The third-order valence-electron chi connectivity index (χ3n) is 18.4. The lowest BCUT2D eigenvalue weighted by Gasteiger charge is -2.35. The average molecular weight is 1980 g/mol. The first-order chi connectivity index (χ1) is 65.9. The van der Waals surface area contributed by atoms with Gasteiger partial charge in [0.2, 0.25) is 82.7 Å². The molecule has 137 heavy (non-hydrogen) atoms. The zero-order chi connectivity index (χ0) is 102. The van der Waals surface area contributed by atoms with E-state index in [4.69, 9.17) is 145 Å². The van der Waals surface area contributed by atoms with E-state index < -0.39 is 268 Å². The van der Waals surface area contributed by atoms with Crippen LogP contribution < -0.4 is 143 Å². The van der Waals surface area contributed by atoms with Crippen LogP contribution in [-0.2, 0) is 153 Å². The number of hydrogen-bond donors (Lipinski definition) is 26. The van der Waals surface area contributed by atoms with Crippen LogP contribution in [0.15, 0.2) is 0 Å². The summed E-state index contributed by atoms with van der Waals surface area (Å²) in [6.07, 6.45) is -5.44. The van der Waals surface area contributed by atoms with Crippen LogP contribution in [0.4, 0.5) is 0 Å². The minimum absolute atomic E-state index is 0.00966. The molecule has 58 heteroatoms. The summed E-state index contributed by atoms with van der Waals surface area (Å²) < 4.78 is 97.7. The molecular weight excluding hydrogens is 1830 g/mol. The second-order valence-corrected chi connectivity index (χ2v) is 30.0. The Morgan fingerprint density at radius 3 is 0.555 bits per heavy atom. The van der Waals surface area contributed by atoms with Gasteiger partial charge < -0.3 is 219 Å². The molecule has 0 aliphatic carbocycles. The van der Waals surface area contributed by atoms with E-state index >= 15 is 0 Å². The fourth-order valence-corrected chi connectivity index (χ4v) is 11.6. The molecule has 0 aromatic carbocycles. The largest absolute Gasteiger partial charge is 0.380 e. The maximum absolute atomic E-state index is 14.7. The molecule has 0 heterocycles. The van der Waals surface area contributed by atoms with Crippen molar-refractivity contribution in [3.8, 4) is 0 Å². The SMILES string of the molecule is NCCC(=O)CCOC(COCCC(=O)NCN)(COCCC(=O)NCN)NC(=O)CCOCC(COCCC(=O)CC(COCCC(=O)NCN)(COCCC(=O)NCN)OCCC(=O)NCN)(COCCC(=O)NC(COCCC(=O)NCN)(COCCC(=O)NCN)OCCC(=O)NCN)COCCC(=O)NC(COCCC(=O)NCN)(COCCC(=O)NCN)OCCC(=O)NCN. The van der Waals surface area contributed by atoms with Crippen molar-refractivity contribution in [2.24, 2.45) is 74.2 Å². The highest BCUT2D eigenvalue weighted by molar-refractivity contribution is 5.82. The maximum atomic E-state index is 14.7. The Bertz CT molecular complexity index is 2900.